The molecule has 1 amide bonds. The van der Waals surface area contributed by atoms with Gasteiger partial charge >= 0.3 is 0 Å². The lowest BCUT2D eigenvalue weighted by Gasteiger charge is -2.43. The van der Waals surface area contributed by atoms with Gasteiger partial charge in [0.05, 0.1) is 0 Å². The fraction of sp³-hybridized carbons (Fsp3) is 0.778. The zero-order valence-electron chi connectivity index (χ0n) is 14.5. The molecule has 3 aliphatic carbocycles. The molecule has 24 heavy (non-hydrogen) atoms. The number of nitrogens with zero attached hydrogens (tertiary/aromatic N) is 2. The summed E-state index contributed by atoms with van der Waals surface area (Å²) in [5.41, 5.74) is 2.67. The second kappa shape index (κ2) is 5.02. The van der Waals surface area contributed by atoms with Crippen LogP contribution in [0.4, 0.5) is 14.6 Å². The SMILES string of the molecule is Cn1nc(NC(=O)[C@@H]2CC2(F)F)c(C2CCC2)c1C1CC(C)(C)C1. The van der Waals surface area contributed by atoms with E-state index in [4.69, 9.17) is 0 Å². The van der Waals surface area contributed by atoms with Gasteiger partial charge in [-0.3, -0.25) is 9.48 Å². The number of hydrogen-bond acceptors (Lipinski definition) is 2. The van der Waals surface area contributed by atoms with E-state index < -0.39 is 17.7 Å². The van der Waals surface area contributed by atoms with E-state index in [1.165, 1.54) is 12.1 Å². The molecule has 0 spiro atoms. The third-order valence-electron chi connectivity index (χ3n) is 6.01. The van der Waals surface area contributed by atoms with Crippen LogP contribution in [0.15, 0.2) is 0 Å². The van der Waals surface area contributed by atoms with Gasteiger partial charge in [-0.15, -0.1) is 0 Å². The monoisotopic (exact) mass is 337 g/mol. The third-order valence-corrected chi connectivity index (χ3v) is 6.01. The first-order valence-corrected chi connectivity index (χ1v) is 8.93. The van der Waals surface area contributed by atoms with E-state index in [0.717, 1.165) is 31.2 Å². The summed E-state index contributed by atoms with van der Waals surface area (Å²) in [6.07, 6.45) is 5.26. The molecule has 0 radical (unpaired) electrons. The zero-order chi connectivity index (χ0) is 17.3. The van der Waals surface area contributed by atoms with E-state index in [1.54, 1.807) is 0 Å². The van der Waals surface area contributed by atoms with Gasteiger partial charge in [0.1, 0.15) is 5.92 Å². The van der Waals surface area contributed by atoms with Crippen molar-refractivity contribution in [2.45, 2.75) is 70.1 Å². The summed E-state index contributed by atoms with van der Waals surface area (Å²) in [5.74, 6) is -3.21. The average molecular weight is 337 g/mol. The number of amides is 1. The predicted octanol–water partition coefficient (Wildman–Crippen LogP) is 4.18. The molecule has 1 atom stereocenters. The van der Waals surface area contributed by atoms with E-state index in [0.29, 0.717) is 23.1 Å². The fourth-order valence-electron chi connectivity index (χ4n) is 4.40. The Morgan fingerprint density at radius 3 is 2.29 bits per heavy atom. The number of rotatable bonds is 4. The number of halogens is 2. The van der Waals surface area contributed by atoms with Crippen molar-refractivity contribution in [3.63, 3.8) is 0 Å². The average Bonchev–Trinajstić information content (AvgIpc) is 2.91. The molecule has 1 N–H and O–H groups in total. The molecule has 4 rings (SSSR count). The molecule has 1 heterocycles. The van der Waals surface area contributed by atoms with Gasteiger partial charge in [-0.25, -0.2) is 8.78 Å². The summed E-state index contributed by atoms with van der Waals surface area (Å²) in [5, 5.41) is 7.21. The first-order chi connectivity index (χ1) is 11.2. The fourth-order valence-corrected chi connectivity index (χ4v) is 4.40. The maximum atomic E-state index is 13.2. The van der Waals surface area contributed by atoms with Crippen molar-refractivity contribution in [2.75, 3.05) is 5.32 Å². The van der Waals surface area contributed by atoms with Crippen LogP contribution in [-0.4, -0.2) is 21.6 Å². The molecular formula is C18H25F2N3O. The van der Waals surface area contributed by atoms with Gasteiger partial charge in [-0.2, -0.15) is 5.10 Å². The maximum Gasteiger partial charge on any atom is 0.260 e. The first kappa shape index (κ1) is 16.0. The van der Waals surface area contributed by atoms with Gasteiger partial charge in [-0.05, 0) is 37.0 Å². The Balaban J connectivity index is 1.61. The van der Waals surface area contributed by atoms with E-state index in [-0.39, 0.29) is 6.42 Å². The Morgan fingerprint density at radius 2 is 1.83 bits per heavy atom. The van der Waals surface area contributed by atoms with Gasteiger partial charge in [0.25, 0.3) is 5.92 Å². The highest BCUT2D eigenvalue weighted by Crippen LogP contribution is 2.54. The lowest BCUT2D eigenvalue weighted by atomic mass is 9.62. The smallest absolute Gasteiger partial charge is 0.260 e. The number of alkyl halides is 2. The summed E-state index contributed by atoms with van der Waals surface area (Å²) in [6.45, 7) is 4.53. The summed E-state index contributed by atoms with van der Waals surface area (Å²) in [4.78, 5) is 12.1. The Morgan fingerprint density at radius 1 is 1.21 bits per heavy atom. The van der Waals surface area contributed by atoms with E-state index in [1.807, 2.05) is 11.7 Å². The van der Waals surface area contributed by atoms with E-state index >= 15 is 0 Å². The highest BCUT2D eigenvalue weighted by molar-refractivity contribution is 5.95. The number of aryl methyl sites for hydroxylation is 1. The van der Waals surface area contributed by atoms with Crippen LogP contribution < -0.4 is 5.32 Å². The van der Waals surface area contributed by atoms with Gasteiger partial charge in [0.2, 0.25) is 5.91 Å². The Kier molecular flexibility index (Phi) is 3.35. The van der Waals surface area contributed by atoms with Crippen LogP contribution >= 0.6 is 0 Å². The summed E-state index contributed by atoms with van der Waals surface area (Å²) in [6, 6.07) is 0. The normalized spacial score (nSPS) is 28.1. The minimum absolute atomic E-state index is 0.339. The van der Waals surface area contributed by atoms with E-state index in [9.17, 15) is 13.6 Å². The van der Waals surface area contributed by atoms with E-state index in [2.05, 4.69) is 24.3 Å². The number of carbonyl (C=O) groups excluding carboxylic acids is 1. The molecule has 6 heteroatoms. The number of anilines is 1. The maximum absolute atomic E-state index is 13.2. The summed E-state index contributed by atoms with van der Waals surface area (Å²) in [7, 11) is 1.91. The number of hydrogen-bond donors (Lipinski definition) is 1. The van der Waals surface area contributed by atoms with Gasteiger partial charge in [0.15, 0.2) is 5.82 Å². The zero-order valence-corrected chi connectivity index (χ0v) is 14.5. The van der Waals surface area contributed by atoms with Crippen LogP contribution in [0.25, 0.3) is 0 Å². The van der Waals surface area contributed by atoms with Crippen molar-refractivity contribution in [2.24, 2.45) is 18.4 Å². The molecule has 3 saturated carbocycles. The van der Waals surface area contributed by atoms with Crippen molar-refractivity contribution < 1.29 is 13.6 Å². The minimum atomic E-state index is -2.84. The Bertz CT molecular complexity index is 683. The molecular weight excluding hydrogens is 312 g/mol. The third kappa shape index (κ3) is 2.54. The van der Waals surface area contributed by atoms with Crippen molar-refractivity contribution in [3.8, 4) is 0 Å². The van der Waals surface area contributed by atoms with Crippen molar-refractivity contribution in [1.29, 1.82) is 0 Å². The molecule has 3 aliphatic rings. The molecule has 132 valence electrons. The second-order valence-electron chi connectivity index (χ2n) is 8.68. The number of aromatic nitrogens is 2. The summed E-state index contributed by atoms with van der Waals surface area (Å²) >= 11 is 0. The van der Waals surface area contributed by atoms with Crippen LogP contribution in [0.1, 0.15) is 75.5 Å². The molecule has 3 fully saturated rings. The van der Waals surface area contributed by atoms with Crippen molar-refractivity contribution in [3.05, 3.63) is 11.3 Å². The quantitative estimate of drug-likeness (QED) is 0.896. The van der Waals surface area contributed by atoms with Gasteiger partial charge in [-0.1, -0.05) is 20.3 Å². The van der Waals surface area contributed by atoms with Crippen LogP contribution in [0.5, 0.6) is 0 Å². The topological polar surface area (TPSA) is 46.9 Å². The number of carbonyl (C=O) groups is 1. The molecule has 0 saturated heterocycles. The van der Waals surface area contributed by atoms with Gasteiger partial charge < -0.3 is 5.32 Å². The molecule has 4 nitrogen and oxygen atoms in total. The molecule has 0 aliphatic heterocycles. The molecule has 0 unspecified atom stereocenters. The van der Waals surface area contributed by atoms with Crippen molar-refractivity contribution >= 4 is 11.7 Å². The highest BCUT2D eigenvalue weighted by Gasteiger charge is 2.61. The Hall–Kier alpha value is -1.46. The lowest BCUT2D eigenvalue weighted by molar-refractivity contribution is -0.119. The Labute approximate surface area is 141 Å². The number of nitrogens with one attached hydrogen (secondary N) is 1. The molecule has 0 bridgehead atoms. The first-order valence-electron chi connectivity index (χ1n) is 8.93. The molecule has 1 aromatic heterocycles. The minimum Gasteiger partial charge on any atom is -0.309 e. The lowest BCUT2D eigenvalue weighted by Crippen LogP contribution is -2.32. The highest BCUT2D eigenvalue weighted by atomic mass is 19.3. The second-order valence-corrected chi connectivity index (χ2v) is 8.68. The van der Waals surface area contributed by atoms with Gasteiger partial charge in [0, 0.05) is 30.6 Å². The predicted molar refractivity (Wildman–Crippen MR) is 87.2 cm³/mol. The largest absolute Gasteiger partial charge is 0.309 e. The standard InChI is InChI=1S/C18H25F2N3O/c1-17(2)7-11(8-17)14-13(10-5-4-6-10)15(22-23(14)3)21-16(24)12-9-18(12,19)20/h10-12H,4-9H2,1-3H3,(H,21,22,24)/t12-/m0/s1. The molecule has 0 aromatic carbocycles. The van der Waals surface area contributed by atoms with Crippen LogP contribution in [0.3, 0.4) is 0 Å². The summed E-state index contributed by atoms with van der Waals surface area (Å²) < 4.78 is 28.2. The van der Waals surface area contributed by atoms with Crippen LogP contribution in [0, 0.1) is 11.3 Å². The van der Waals surface area contributed by atoms with Crippen molar-refractivity contribution in [1.82, 2.24) is 9.78 Å². The molecule has 1 aromatic rings. The van der Waals surface area contributed by atoms with Crippen LogP contribution in [-0.2, 0) is 11.8 Å². The van der Waals surface area contributed by atoms with Crippen LogP contribution in [0.2, 0.25) is 0 Å².